The molecule has 0 aromatic carbocycles. The Hall–Kier alpha value is -3.12. The Labute approximate surface area is 162 Å². The van der Waals surface area contributed by atoms with E-state index in [0.717, 1.165) is 7.11 Å². The zero-order chi connectivity index (χ0) is 22.1. The van der Waals surface area contributed by atoms with E-state index in [9.17, 15) is 24.5 Å². The second kappa shape index (κ2) is 10.9. The van der Waals surface area contributed by atoms with Crippen molar-refractivity contribution in [2.75, 3.05) is 13.7 Å². The predicted octanol–water partition coefficient (Wildman–Crippen LogP) is -0.485. The highest BCUT2D eigenvalue weighted by atomic mass is 16.7. The van der Waals surface area contributed by atoms with Gasteiger partial charge in [-0.25, -0.2) is 19.7 Å². The molecule has 0 spiro atoms. The van der Waals surface area contributed by atoms with Crippen molar-refractivity contribution in [2.45, 2.75) is 58.2 Å². The first-order chi connectivity index (χ1) is 12.8. The van der Waals surface area contributed by atoms with Crippen LogP contribution in [0.5, 0.6) is 0 Å². The monoisotopic (exact) mass is 404 g/mol. The lowest BCUT2D eigenvalue weighted by Crippen LogP contribution is -2.55. The summed E-state index contributed by atoms with van der Waals surface area (Å²) in [5, 5.41) is 12.8. The summed E-state index contributed by atoms with van der Waals surface area (Å²) >= 11 is 0. The van der Waals surface area contributed by atoms with Gasteiger partial charge in [0.25, 0.3) is 0 Å². The van der Waals surface area contributed by atoms with Gasteiger partial charge in [0.05, 0.1) is 7.11 Å². The summed E-state index contributed by atoms with van der Waals surface area (Å²) in [5.74, 6) is -1.86. The van der Waals surface area contributed by atoms with Gasteiger partial charge in [-0.3, -0.25) is 9.79 Å². The molecule has 0 unspecified atom stereocenters. The van der Waals surface area contributed by atoms with Crippen molar-refractivity contribution in [3.8, 4) is 0 Å². The Balaban J connectivity index is 5.58. The molecule has 0 fully saturated rings. The number of hydrogen-bond acceptors (Lipinski definition) is 8. The number of amides is 2. The van der Waals surface area contributed by atoms with E-state index in [1.807, 2.05) is 0 Å². The second-order valence-electron chi connectivity index (χ2n) is 6.78. The molecule has 0 rings (SSSR count). The largest absolute Gasteiger partial charge is 0.469 e. The lowest BCUT2D eigenvalue weighted by Gasteiger charge is -2.26. The summed E-state index contributed by atoms with van der Waals surface area (Å²) in [6.45, 7) is 5.99. The number of aliphatic imine (C=N–C) groups is 1. The molecule has 0 radical (unpaired) electrons. The van der Waals surface area contributed by atoms with Crippen LogP contribution in [-0.4, -0.2) is 65.3 Å². The Morgan fingerprint density at radius 3 is 2.29 bits per heavy atom. The SMILES string of the molecule is COC(=O)[C@H](C)NC(=O)[C@H](CCCN=C(N)N)N(C(=O)OC(C)(C)C)[N+](=O)[O-]. The number of rotatable bonds is 9. The number of nitrogens with one attached hydrogen (secondary N) is 1. The topological polar surface area (TPSA) is 192 Å². The molecule has 160 valence electrons. The smallest absolute Gasteiger partial charge is 0.467 e. The molecule has 0 saturated heterocycles. The van der Waals surface area contributed by atoms with Crippen LogP contribution >= 0.6 is 0 Å². The third-order valence-electron chi connectivity index (χ3n) is 3.20. The summed E-state index contributed by atoms with van der Waals surface area (Å²) in [4.78, 5) is 51.6. The molecule has 0 aliphatic heterocycles. The van der Waals surface area contributed by atoms with Crippen LogP contribution in [-0.2, 0) is 19.1 Å². The first-order valence-corrected chi connectivity index (χ1v) is 8.40. The lowest BCUT2D eigenvalue weighted by molar-refractivity contribution is -0.641. The fourth-order valence-electron chi connectivity index (χ4n) is 2.02. The number of carbonyl (C=O) groups excluding carboxylic acids is 3. The van der Waals surface area contributed by atoms with E-state index in [2.05, 4.69) is 15.0 Å². The van der Waals surface area contributed by atoms with Crippen LogP contribution in [0.4, 0.5) is 4.79 Å². The normalized spacial score (nSPS) is 12.9. The molecule has 0 aromatic heterocycles. The highest BCUT2D eigenvalue weighted by Crippen LogP contribution is 2.15. The number of carbonyl (C=O) groups is 3. The van der Waals surface area contributed by atoms with Gasteiger partial charge >= 0.3 is 12.1 Å². The highest BCUT2D eigenvalue weighted by molar-refractivity contribution is 5.89. The molecule has 2 atom stereocenters. The van der Waals surface area contributed by atoms with Gasteiger partial charge < -0.3 is 26.3 Å². The number of methoxy groups -OCH3 is 1. The lowest BCUT2D eigenvalue weighted by atomic mass is 10.1. The molecule has 2 amide bonds. The van der Waals surface area contributed by atoms with Crippen molar-refractivity contribution < 1.29 is 28.9 Å². The van der Waals surface area contributed by atoms with Gasteiger partial charge in [-0.1, -0.05) is 0 Å². The highest BCUT2D eigenvalue weighted by Gasteiger charge is 2.42. The van der Waals surface area contributed by atoms with Crippen molar-refractivity contribution in [3.63, 3.8) is 0 Å². The fourth-order valence-corrected chi connectivity index (χ4v) is 2.02. The molecule has 0 bridgehead atoms. The van der Waals surface area contributed by atoms with Crippen LogP contribution in [0.1, 0.15) is 40.5 Å². The Morgan fingerprint density at radius 2 is 1.86 bits per heavy atom. The average Bonchev–Trinajstić information content (AvgIpc) is 2.53. The van der Waals surface area contributed by atoms with E-state index in [0.29, 0.717) is 0 Å². The number of hydrazine groups is 1. The number of ether oxygens (including phenoxy) is 2. The van der Waals surface area contributed by atoms with Crippen molar-refractivity contribution in [1.29, 1.82) is 0 Å². The number of guanidine groups is 1. The van der Waals surface area contributed by atoms with Crippen LogP contribution in [0, 0.1) is 10.1 Å². The molecular weight excluding hydrogens is 376 g/mol. The van der Waals surface area contributed by atoms with Crippen LogP contribution in [0.15, 0.2) is 4.99 Å². The van der Waals surface area contributed by atoms with Gasteiger partial charge in [0.2, 0.25) is 5.91 Å². The van der Waals surface area contributed by atoms with E-state index in [1.54, 1.807) is 0 Å². The molecule has 13 nitrogen and oxygen atoms in total. The molecule has 0 aromatic rings. The number of esters is 1. The van der Waals surface area contributed by atoms with E-state index < -0.39 is 40.7 Å². The van der Waals surface area contributed by atoms with Crippen LogP contribution in [0.3, 0.4) is 0 Å². The van der Waals surface area contributed by atoms with Crippen LogP contribution < -0.4 is 16.8 Å². The van der Waals surface area contributed by atoms with Crippen LogP contribution in [0.25, 0.3) is 0 Å². The van der Waals surface area contributed by atoms with E-state index in [1.165, 1.54) is 27.7 Å². The van der Waals surface area contributed by atoms with E-state index in [-0.39, 0.29) is 30.4 Å². The molecule has 0 aliphatic carbocycles. The van der Waals surface area contributed by atoms with E-state index >= 15 is 0 Å². The number of nitrogens with two attached hydrogens (primary N) is 2. The maximum Gasteiger partial charge on any atom is 0.469 e. The van der Waals surface area contributed by atoms with Gasteiger partial charge in [-0.05, 0) is 45.5 Å². The van der Waals surface area contributed by atoms with Crippen LogP contribution in [0.2, 0.25) is 0 Å². The summed E-state index contributed by atoms with van der Waals surface area (Å²) in [5.41, 5.74) is 9.40. The van der Waals surface area contributed by atoms with Gasteiger partial charge in [-0.15, -0.1) is 0 Å². The summed E-state index contributed by atoms with van der Waals surface area (Å²) in [6, 6.07) is -2.64. The average molecular weight is 404 g/mol. The van der Waals surface area contributed by atoms with Crippen molar-refractivity contribution in [3.05, 3.63) is 10.1 Å². The number of nitro groups is 1. The second-order valence-corrected chi connectivity index (χ2v) is 6.78. The predicted molar refractivity (Wildman–Crippen MR) is 98.4 cm³/mol. The number of hydrogen-bond donors (Lipinski definition) is 3. The third kappa shape index (κ3) is 9.00. The summed E-state index contributed by atoms with van der Waals surface area (Å²) < 4.78 is 9.52. The number of nitrogens with zero attached hydrogens (tertiary/aromatic N) is 3. The molecule has 0 saturated carbocycles. The first-order valence-electron chi connectivity index (χ1n) is 8.40. The maximum absolute atomic E-state index is 12.6. The van der Waals surface area contributed by atoms with E-state index in [4.69, 9.17) is 16.2 Å². The molecule has 28 heavy (non-hydrogen) atoms. The quantitative estimate of drug-likeness (QED) is 0.114. The zero-order valence-electron chi connectivity index (χ0n) is 16.6. The fraction of sp³-hybridized carbons (Fsp3) is 0.733. The molecular formula is C15H28N6O7. The standard InChI is InChI=1S/C15H28N6O7/c1-9(12(23)27-5)19-11(22)10(7-6-8-18-13(16)17)20(21(25)26)14(24)28-15(2,3)4/h9-10H,6-8H2,1-5H3,(H,19,22)(H4,16,17,18)/t9-,10-/m0/s1. The van der Waals surface area contributed by atoms with Crippen molar-refractivity contribution in [2.24, 2.45) is 16.5 Å². The minimum atomic E-state index is -1.56. The minimum absolute atomic E-state index is 0.0819. The third-order valence-corrected chi connectivity index (χ3v) is 3.20. The van der Waals surface area contributed by atoms with Crippen molar-refractivity contribution in [1.82, 2.24) is 10.3 Å². The Kier molecular flexibility index (Phi) is 9.68. The van der Waals surface area contributed by atoms with Gasteiger partial charge in [-0.2, -0.15) is 0 Å². The first kappa shape index (κ1) is 24.9. The Bertz CT molecular complexity index is 612. The maximum atomic E-state index is 12.6. The van der Waals surface area contributed by atoms with Gasteiger partial charge in [0, 0.05) is 6.54 Å². The van der Waals surface area contributed by atoms with Gasteiger partial charge in [0.15, 0.2) is 17.0 Å². The molecule has 5 N–H and O–H groups in total. The van der Waals surface area contributed by atoms with Crippen molar-refractivity contribution >= 4 is 23.9 Å². The summed E-state index contributed by atoms with van der Waals surface area (Å²) in [7, 11) is 1.13. The molecule has 13 heteroatoms. The Morgan fingerprint density at radius 1 is 1.29 bits per heavy atom. The van der Waals surface area contributed by atoms with Gasteiger partial charge in [0.1, 0.15) is 11.6 Å². The summed E-state index contributed by atoms with van der Waals surface area (Å²) in [6.07, 6.45) is -1.32. The molecule has 0 aliphatic rings. The zero-order valence-corrected chi connectivity index (χ0v) is 16.6. The minimum Gasteiger partial charge on any atom is -0.467 e. The molecule has 0 heterocycles.